The highest BCUT2D eigenvalue weighted by Crippen LogP contribution is 2.29. The number of amides is 1. The van der Waals surface area contributed by atoms with Gasteiger partial charge in [-0.1, -0.05) is 0 Å². The molecule has 0 unspecified atom stereocenters. The fourth-order valence-electron chi connectivity index (χ4n) is 2.13. The van der Waals surface area contributed by atoms with Gasteiger partial charge in [0.15, 0.2) is 11.6 Å². The Morgan fingerprint density at radius 1 is 1.50 bits per heavy atom. The lowest BCUT2D eigenvalue weighted by atomic mass is 9.93. The number of ether oxygens (including phenoxy) is 1. The Hall–Kier alpha value is -2.05. The molecule has 7 nitrogen and oxygen atoms in total. The molecule has 1 aliphatic heterocycles. The number of carbonyl (C=O) groups is 1. The molecule has 1 aliphatic rings. The van der Waals surface area contributed by atoms with Crippen molar-refractivity contribution in [2.24, 2.45) is 0 Å². The zero-order valence-electron chi connectivity index (χ0n) is 10.2. The van der Waals surface area contributed by atoms with Gasteiger partial charge in [-0.25, -0.2) is 4.79 Å². The third kappa shape index (κ3) is 2.44. The number of carboxylic acid groups (broad SMARTS) is 1. The van der Waals surface area contributed by atoms with Crippen LogP contribution in [0.25, 0.3) is 0 Å². The van der Waals surface area contributed by atoms with Crippen molar-refractivity contribution in [3.63, 3.8) is 0 Å². The van der Waals surface area contributed by atoms with Crippen LogP contribution in [0.5, 0.6) is 5.75 Å². The number of hydrogen-bond donors (Lipinski definition) is 2. The fourth-order valence-corrected chi connectivity index (χ4v) is 2.13. The molecule has 1 aromatic rings. The molecule has 1 fully saturated rings. The number of nitrogens with zero attached hydrogens (tertiary/aromatic N) is 3. The molecule has 1 aromatic heterocycles. The minimum Gasteiger partial charge on any atom is -0.493 e. The van der Waals surface area contributed by atoms with Gasteiger partial charge in [-0.05, 0) is 12.8 Å². The van der Waals surface area contributed by atoms with Crippen LogP contribution in [0.1, 0.15) is 24.5 Å². The number of methoxy groups -OCH3 is 1. The zero-order chi connectivity index (χ0) is 13.1. The molecule has 0 radical (unpaired) electrons. The van der Waals surface area contributed by atoms with Gasteiger partial charge in [0, 0.05) is 25.1 Å². The molecule has 1 amide bonds. The second-order valence-electron chi connectivity index (χ2n) is 4.27. The Labute approximate surface area is 105 Å². The van der Waals surface area contributed by atoms with Crippen molar-refractivity contribution in [3.05, 3.63) is 11.8 Å². The van der Waals surface area contributed by atoms with E-state index in [0.717, 1.165) is 18.5 Å². The highest BCUT2D eigenvalue weighted by atomic mass is 16.5. The summed E-state index contributed by atoms with van der Waals surface area (Å²) in [4.78, 5) is 12.2. The van der Waals surface area contributed by atoms with Crippen molar-refractivity contribution in [1.82, 2.24) is 15.1 Å². The van der Waals surface area contributed by atoms with E-state index < -0.39 is 6.09 Å². The molecule has 3 N–H and O–H groups in total. The smallest absolute Gasteiger partial charge is 0.407 e. The van der Waals surface area contributed by atoms with Crippen LogP contribution in [-0.2, 0) is 0 Å². The molecular formula is C11H16N4O3. The van der Waals surface area contributed by atoms with Crippen molar-refractivity contribution in [1.29, 1.82) is 0 Å². The molecular weight excluding hydrogens is 236 g/mol. The first kappa shape index (κ1) is 12.4. The van der Waals surface area contributed by atoms with Crippen molar-refractivity contribution in [2.45, 2.75) is 18.8 Å². The van der Waals surface area contributed by atoms with E-state index in [1.54, 1.807) is 6.07 Å². The molecule has 0 aromatic carbocycles. The first-order chi connectivity index (χ1) is 8.61. The average Bonchev–Trinajstić information content (AvgIpc) is 2.39. The lowest BCUT2D eigenvalue weighted by Crippen LogP contribution is -2.37. The summed E-state index contributed by atoms with van der Waals surface area (Å²) in [5.41, 5.74) is 6.42. The largest absolute Gasteiger partial charge is 0.493 e. The standard InChI is InChI=1S/C11H16N4O3/c1-18-9-6-8(13-14-10(9)12)7-2-4-15(5-3-7)11(16)17/h6-7H,2-5H2,1H3,(H2,12,14)(H,16,17). The maximum Gasteiger partial charge on any atom is 0.407 e. The Morgan fingerprint density at radius 2 is 2.17 bits per heavy atom. The number of nitrogen functional groups attached to an aromatic ring is 1. The van der Waals surface area contributed by atoms with Gasteiger partial charge < -0.3 is 20.5 Å². The van der Waals surface area contributed by atoms with Gasteiger partial charge >= 0.3 is 6.09 Å². The van der Waals surface area contributed by atoms with E-state index in [2.05, 4.69) is 10.2 Å². The first-order valence-electron chi connectivity index (χ1n) is 5.76. The summed E-state index contributed by atoms with van der Waals surface area (Å²) >= 11 is 0. The summed E-state index contributed by atoms with van der Waals surface area (Å²) in [5, 5.41) is 16.8. The number of hydrogen-bond acceptors (Lipinski definition) is 5. The van der Waals surface area contributed by atoms with E-state index in [1.165, 1.54) is 12.0 Å². The van der Waals surface area contributed by atoms with Gasteiger partial charge in [0.2, 0.25) is 0 Å². The number of likely N-dealkylation sites (tertiary alicyclic amines) is 1. The quantitative estimate of drug-likeness (QED) is 0.811. The lowest BCUT2D eigenvalue weighted by molar-refractivity contribution is 0.131. The average molecular weight is 252 g/mol. The third-order valence-electron chi connectivity index (χ3n) is 3.21. The summed E-state index contributed by atoms with van der Waals surface area (Å²) in [6.45, 7) is 1.04. The normalized spacial score (nSPS) is 16.6. The van der Waals surface area contributed by atoms with Gasteiger partial charge in [-0.2, -0.15) is 5.10 Å². The number of nitrogens with two attached hydrogens (primary N) is 1. The summed E-state index contributed by atoms with van der Waals surface area (Å²) < 4.78 is 5.10. The van der Waals surface area contributed by atoms with E-state index in [1.807, 2.05) is 0 Å². The van der Waals surface area contributed by atoms with Crippen LogP contribution in [0.4, 0.5) is 10.6 Å². The molecule has 0 bridgehead atoms. The van der Waals surface area contributed by atoms with Crippen LogP contribution in [-0.4, -0.2) is 46.5 Å². The summed E-state index contributed by atoms with van der Waals surface area (Å²) in [6.07, 6.45) is 0.622. The van der Waals surface area contributed by atoms with Crippen LogP contribution >= 0.6 is 0 Å². The van der Waals surface area contributed by atoms with E-state index in [9.17, 15) is 4.79 Å². The molecule has 0 aliphatic carbocycles. The maximum absolute atomic E-state index is 10.8. The monoisotopic (exact) mass is 252 g/mol. The molecule has 1 saturated heterocycles. The van der Waals surface area contributed by atoms with Gasteiger partial charge in [-0.3, -0.25) is 0 Å². The van der Waals surface area contributed by atoms with Crippen molar-refractivity contribution >= 4 is 11.9 Å². The topological polar surface area (TPSA) is 102 Å². The number of aromatic nitrogens is 2. The summed E-state index contributed by atoms with van der Waals surface area (Å²) in [6, 6.07) is 1.78. The molecule has 18 heavy (non-hydrogen) atoms. The maximum atomic E-state index is 10.8. The van der Waals surface area contributed by atoms with Crippen LogP contribution in [0.2, 0.25) is 0 Å². The van der Waals surface area contributed by atoms with Crippen molar-refractivity contribution in [3.8, 4) is 5.75 Å². The predicted molar refractivity (Wildman–Crippen MR) is 64.6 cm³/mol. The molecule has 98 valence electrons. The Balaban J connectivity index is 2.07. The lowest BCUT2D eigenvalue weighted by Gasteiger charge is -2.29. The number of anilines is 1. The highest BCUT2D eigenvalue weighted by molar-refractivity contribution is 5.65. The molecule has 0 atom stereocenters. The van der Waals surface area contributed by atoms with Gasteiger partial charge in [0.05, 0.1) is 12.8 Å². The molecule has 0 saturated carbocycles. The molecule has 2 rings (SSSR count). The first-order valence-corrected chi connectivity index (χ1v) is 5.76. The van der Waals surface area contributed by atoms with Crippen molar-refractivity contribution in [2.75, 3.05) is 25.9 Å². The predicted octanol–water partition coefficient (Wildman–Crippen LogP) is 0.925. The van der Waals surface area contributed by atoms with Crippen molar-refractivity contribution < 1.29 is 14.6 Å². The van der Waals surface area contributed by atoms with Crippen LogP contribution in [0.3, 0.4) is 0 Å². The Morgan fingerprint density at radius 3 is 2.72 bits per heavy atom. The third-order valence-corrected chi connectivity index (χ3v) is 3.21. The minimum atomic E-state index is -0.866. The number of rotatable bonds is 2. The van der Waals surface area contributed by atoms with E-state index in [0.29, 0.717) is 18.8 Å². The highest BCUT2D eigenvalue weighted by Gasteiger charge is 2.25. The summed E-state index contributed by atoms with van der Waals surface area (Å²) in [7, 11) is 1.53. The van der Waals surface area contributed by atoms with Crippen LogP contribution < -0.4 is 10.5 Å². The van der Waals surface area contributed by atoms with Crippen LogP contribution in [0, 0.1) is 0 Å². The van der Waals surface area contributed by atoms with E-state index in [4.69, 9.17) is 15.6 Å². The number of piperidine rings is 1. The van der Waals surface area contributed by atoms with Gasteiger partial charge in [-0.15, -0.1) is 5.10 Å². The molecule has 7 heteroatoms. The van der Waals surface area contributed by atoms with Crippen LogP contribution in [0.15, 0.2) is 6.07 Å². The Kier molecular flexibility index (Phi) is 3.50. The SMILES string of the molecule is COc1cc(C2CCN(C(=O)O)CC2)nnc1N. The van der Waals surface area contributed by atoms with Gasteiger partial charge in [0.25, 0.3) is 0 Å². The fraction of sp³-hybridized carbons (Fsp3) is 0.545. The van der Waals surface area contributed by atoms with E-state index >= 15 is 0 Å². The molecule has 2 heterocycles. The Bertz CT molecular complexity index is 444. The van der Waals surface area contributed by atoms with E-state index in [-0.39, 0.29) is 11.7 Å². The minimum absolute atomic E-state index is 0.211. The second kappa shape index (κ2) is 5.07. The molecule has 0 spiro atoms. The zero-order valence-corrected chi connectivity index (χ0v) is 10.2. The van der Waals surface area contributed by atoms with Gasteiger partial charge in [0.1, 0.15) is 0 Å². The summed E-state index contributed by atoms with van der Waals surface area (Å²) in [5.74, 6) is 0.993. The second-order valence-corrected chi connectivity index (χ2v) is 4.27.